The largest absolute Gasteiger partial charge is 0.466 e. The summed E-state index contributed by atoms with van der Waals surface area (Å²) in [5.41, 5.74) is 0. The third-order valence-electron chi connectivity index (χ3n) is 6.72. The van der Waals surface area contributed by atoms with Gasteiger partial charge in [0.05, 0.1) is 19.6 Å². The van der Waals surface area contributed by atoms with Crippen LogP contribution in [0.5, 0.6) is 0 Å². The minimum absolute atomic E-state index is 0.0981. The van der Waals surface area contributed by atoms with Gasteiger partial charge < -0.3 is 19.3 Å². The second kappa shape index (κ2) is 37.4. The summed E-state index contributed by atoms with van der Waals surface area (Å²) in [5, 5.41) is 0. The normalized spacial score (nSPS) is 10.3. The molecule has 0 rings (SSSR count). The molecule has 0 aliphatic rings. The molecule has 0 aromatic carbocycles. The Morgan fingerprint density at radius 2 is 0.952 bits per heavy atom. The van der Waals surface area contributed by atoms with Crippen molar-refractivity contribution in [3.63, 3.8) is 0 Å². The van der Waals surface area contributed by atoms with Crippen LogP contribution in [-0.4, -0.2) is 74.6 Å². The molecule has 0 atom stereocenters. The van der Waals surface area contributed by atoms with Crippen LogP contribution >= 0.6 is 0 Å². The zero-order chi connectivity index (χ0) is 32.3. The van der Waals surface area contributed by atoms with Gasteiger partial charge in [0.25, 0.3) is 0 Å². The zero-order valence-electron chi connectivity index (χ0n) is 29.4. The second-order valence-electron chi connectivity index (χ2n) is 10.8. The average molecular weight is 601 g/mol. The molecule has 0 aromatic rings. The lowest BCUT2D eigenvalue weighted by atomic mass is 10.1. The van der Waals surface area contributed by atoms with E-state index in [2.05, 4.69) is 11.8 Å². The molecule has 0 saturated carbocycles. The van der Waals surface area contributed by atoms with Gasteiger partial charge in [0.2, 0.25) is 5.91 Å². The van der Waals surface area contributed by atoms with E-state index >= 15 is 0 Å². The van der Waals surface area contributed by atoms with Crippen LogP contribution in [0.15, 0.2) is 0 Å². The van der Waals surface area contributed by atoms with Gasteiger partial charge in [0.1, 0.15) is 0 Å². The van der Waals surface area contributed by atoms with Crippen LogP contribution in [0.2, 0.25) is 0 Å². The summed E-state index contributed by atoms with van der Waals surface area (Å²) in [7, 11) is 4.03. The number of amides is 1. The molecule has 0 bridgehead atoms. The number of unbranched alkanes of at least 4 members (excludes halogenated alkanes) is 12. The van der Waals surface area contributed by atoms with Crippen LogP contribution in [0.3, 0.4) is 0 Å². The number of esters is 2. The third kappa shape index (κ3) is 34.6. The SMILES string of the molecule is CC.CC.CCCCCCCCCCCCOC(=O)CCCCCCC(=O)N(CCCN(C)C)CCC(=O)OCCC. The molecule has 0 N–H and O–H groups in total. The maximum absolute atomic E-state index is 12.8. The predicted octanol–water partition coefficient (Wildman–Crippen LogP) is 8.97. The fourth-order valence-corrected chi connectivity index (χ4v) is 4.36. The summed E-state index contributed by atoms with van der Waals surface area (Å²) in [4.78, 5) is 40.5. The first-order chi connectivity index (χ1) is 20.4. The molecule has 0 unspecified atom stereocenters. The van der Waals surface area contributed by atoms with Gasteiger partial charge in [-0.2, -0.15) is 0 Å². The first kappa shape index (κ1) is 44.8. The van der Waals surface area contributed by atoms with Crippen molar-refractivity contribution >= 4 is 17.8 Å². The number of nitrogens with zero attached hydrogens (tertiary/aromatic N) is 2. The summed E-state index contributed by atoms with van der Waals surface area (Å²) in [6.45, 7) is 15.2. The fraction of sp³-hybridized carbons (Fsp3) is 0.914. The highest BCUT2D eigenvalue weighted by Gasteiger charge is 2.15. The summed E-state index contributed by atoms with van der Waals surface area (Å²) in [6.07, 6.45) is 19.0. The highest BCUT2D eigenvalue weighted by molar-refractivity contribution is 5.77. The highest BCUT2D eigenvalue weighted by Crippen LogP contribution is 2.12. The molecule has 0 aromatic heterocycles. The Bertz CT molecular complexity index is 584. The van der Waals surface area contributed by atoms with Gasteiger partial charge in [-0.1, -0.05) is 112 Å². The highest BCUT2D eigenvalue weighted by atomic mass is 16.5. The molecule has 0 saturated heterocycles. The molecule has 0 fully saturated rings. The van der Waals surface area contributed by atoms with E-state index in [0.29, 0.717) is 39.1 Å². The van der Waals surface area contributed by atoms with Crippen molar-refractivity contribution in [2.45, 2.75) is 164 Å². The minimum atomic E-state index is -0.239. The number of ether oxygens (including phenoxy) is 2. The van der Waals surface area contributed by atoms with Crippen molar-refractivity contribution in [2.24, 2.45) is 0 Å². The quantitative estimate of drug-likeness (QED) is 0.0692. The Hall–Kier alpha value is -1.63. The Morgan fingerprint density at radius 1 is 0.476 bits per heavy atom. The van der Waals surface area contributed by atoms with Crippen LogP contribution < -0.4 is 0 Å². The molecule has 1 amide bonds. The first-order valence-electron chi connectivity index (χ1n) is 17.6. The summed E-state index contributed by atoms with van der Waals surface area (Å²) in [6, 6.07) is 0. The van der Waals surface area contributed by atoms with Crippen molar-refractivity contribution in [2.75, 3.05) is 46.9 Å². The van der Waals surface area contributed by atoms with Crippen molar-refractivity contribution < 1.29 is 23.9 Å². The molecule has 0 spiro atoms. The van der Waals surface area contributed by atoms with Gasteiger partial charge in [0.15, 0.2) is 0 Å². The first-order valence-corrected chi connectivity index (χ1v) is 17.6. The number of rotatable bonds is 27. The summed E-state index contributed by atoms with van der Waals surface area (Å²) in [5.74, 6) is -0.237. The molecule has 42 heavy (non-hydrogen) atoms. The van der Waals surface area contributed by atoms with Gasteiger partial charge in [0, 0.05) is 25.9 Å². The number of carbonyl (C=O) groups is 3. The maximum Gasteiger partial charge on any atom is 0.307 e. The van der Waals surface area contributed by atoms with Crippen LogP contribution in [-0.2, 0) is 23.9 Å². The molecule has 7 nitrogen and oxygen atoms in total. The second-order valence-corrected chi connectivity index (χ2v) is 10.8. The Labute approximate surface area is 261 Å². The average Bonchev–Trinajstić information content (AvgIpc) is 2.99. The molecular formula is C35H72N2O5. The molecule has 0 aliphatic carbocycles. The topological polar surface area (TPSA) is 76.2 Å². The standard InChI is InChI=1S/C31H60N2O5.2C2H6/c1-5-7-8-9-10-11-12-13-16-19-28-38-30(35)22-18-15-14-17-21-29(34)33(25-20-24-32(3)4)26-23-31(36)37-27-6-2;2*1-2/h5-28H2,1-4H3;2*1-2H3. The van der Waals surface area contributed by atoms with E-state index in [1.807, 2.05) is 53.6 Å². The Morgan fingerprint density at radius 3 is 1.50 bits per heavy atom. The van der Waals surface area contributed by atoms with Crippen molar-refractivity contribution in [3.05, 3.63) is 0 Å². The van der Waals surface area contributed by atoms with Crippen LogP contribution in [0, 0.1) is 0 Å². The number of hydrogen-bond donors (Lipinski definition) is 0. The smallest absolute Gasteiger partial charge is 0.307 e. The fourth-order valence-electron chi connectivity index (χ4n) is 4.36. The molecule has 0 heterocycles. The van der Waals surface area contributed by atoms with E-state index in [1.165, 1.54) is 51.4 Å². The monoisotopic (exact) mass is 601 g/mol. The lowest BCUT2D eigenvalue weighted by Gasteiger charge is -2.23. The van der Waals surface area contributed by atoms with Crippen LogP contribution in [0.1, 0.15) is 164 Å². The minimum Gasteiger partial charge on any atom is -0.466 e. The Balaban J connectivity index is -0.00000363. The Kier molecular flexibility index (Phi) is 39.9. The van der Waals surface area contributed by atoms with Crippen molar-refractivity contribution in [3.8, 4) is 0 Å². The molecule has 252 valence electrons. The van der Waals surface area contributed by atoms with Crippen molar-refractivity contribution in [1.29, 1.82) is 0 Å². The maximum atomic E-state index is 12.8. The molecule has 0 radical (unpaired) electrons. The molecular weight excluding hydrogens is 528 g/mol. The van der Waals surface area contributed by atoms with Gasteiger partial charge in [-0.15, -0.1) is 0 Å². The van der Waals surface area contributed by atoms with Gasteiger partial charge in [-0.05, 0) is 52.7 Å². The lowest BCUT2D eigenvalue weighted by Crippen LogP contribution is -2.35. The lowest BCUT2D eigenvalue weighted by molar-refractivity contribution is -0.145. The summed E-state index contributed by atoms with van der Waals surface area (Å²) < 4.78 is 10.5. The van der Waals surface area contributed by atoms with Crippen LogP contribution in [0.25, 0.3) is 0 Å². The molecule has 7 heteroatoms. The third-order valence-corrected chi connectivity index (χ3v) is 6.72. The van der Waals surface area contributed by atoms with Crippen LogP contribution in [0.4, 0.5) is 0 Å². The van der Waals surface area contributed by atoms with Crippen molar-refractivity contribution in [1.82, 2.24) is 9.80 Å². The van der Waals surface area contributed by atoms with E-state index in [1.54, 1.807) is 0 Å². The summed E-state index contributed by atoms with van der Waals surface area (Å²) >= 11 is 0. The van der Waals surface area contributed by atoms with E-state index in [9.17, 15) is 14.4 Å². The predicted molar refractivity (Wildman–Crippen MR) is 179 cm³/mol. The van der Waals surface area contributed by atoms with E-state index in [0.717, 1.165) is 57.9 Å². The van der Waals surface area contributed by atoms with E-state index in [-0.39, 0.29) is 24.3 Å². The van der Waals surface area contributed by atoms with E-state index in [4.69, 9.17) is 9.47 Å². The molecule has 0 aliphatic heterocycles. The van der Waals surface area contributed by atoms with Gasteiger partial charge in [-0.25, -0.2) is 0 Å². The van der Waals surface area contributed by atoms with E-state index < -0.39 is 0 Å². The van der Waals surface area contributed by atoms with Gasteiger partial charge in [-0.3, -0.25) is 14.4 Å². The van der Waals surface area contributed by atoms with Gasteiger partial charge >= 0.3 is 11.9 Å². The number of carbonyl (C=O) groups excluding carboxylic acids is 3. The number of hydrogen-bond acceptors (Lipinski definition) is 6. The zero-order valence-corrected chi connectivity index (χ0v) is 29.4.